The molecule has 0 atom stereocenters. The van der Waals surface area contributed by atoms with Crippen molar-refractivity contribution in [2.75, 3.05) is 6.54 Å². The van der Waals surface area contributed by atoms with Crippen LogP contribution in [0, 0.1) is 12.3 Å². The summed E-state index contributed by atoms with van der Waals surface area (Å²) in [5.74, 6) is 3.53. The molecule has 0 amide bonds. The lowest BCUT2D eigenvalue weighted by Crippen LogP contribution is -2.14. The smallest absolute Gasteiger partial charge is 0.0205 e. The Morgan fingerprint density at radius 3 is 2.59 bits per heavy atom. The van der Waals surface area contributed by atoms with E-state index in [-0.39, 0.29) is 0 Å². The molecule has 0 heterocycles. The van der Waals surface area contributed by atoms with Crippen molar-refractivity contribution in [1.29, 1.82) is 0 Å². The van der Waals surface area contributed by atoms with Crippen LogP contribution in [0.1, 0.15) is 49.1 Å². The van der Waals surface area contributed by atoms with E-state index in [1.165, 1.54) is 30.4 Å². The Balaban J connectivity index is 1.63. The van der Waals surface area contributed by atoms with Gasteiger partial charge in [0.1, 0.15) is 0 Å². The molecule has 1 nitrogen and oxygen atoms in total. The van der Waals surface area contributed by atoms with E-state index in [9.17, 15) is 0 Å². The molecule has 0 bridgehead atoms. The lowest BCUT2D eigenvalue weighted by atomic mass is 10.1. The van der Waals surface area contributed by atoms with Gasteiger partial charge in [0, 0.05) is 13.0 Å². The van der Waals surface area contributed by atoms with Crippen molar-refractivity contribution >= 4 is 0 Å². The van der Waals surface area contributed by atoms with Crippen LogP contribution >= 0.6 is 0 Å². The molecule has 1 aromatic rings. The van der Waals surface area contributed by atoms with Crippen LogP contribution in [0.3, 0.4) is 0 Å². The van der Waals surface area contributed by atoms with Gasteiger partial charge in [-0.3, -0.25) is 0 Å². The van der Waals surface area contributed by atoms with Crippen molar-refractivity contribution in [1.82, 2.24) is 5.32 Å². The zero-order valence-corrected chi connectivity index (χ0v) is 10.4. The van der Waals surface area contributed by atoms with Crippen molar-refractivity contribution in [2.45, 2.75) is 44.6 Å². The third-order valence-electron chi connectivity index (χ3n) is 3.28. The molecule has 1 aliphatic carbocycles. The van der Waals surface area contributed by atoms with Gasteiger partial charge in [0.05, 0.1) is 0 Å². The van der Waals surface area contributed by atoms with Gasteiger partial charge < -0.3 is 5.32 Å². The largest absolute Gasteiger partial charge is 0.313 e. The average Bonchev–Trinajstić information content (AvgIpc) is 3.19. The van der Waals surface area contributed by atoms with Crippen molar-refractivity contribution in [3.8, 4) is 12.3 Å². The summed E-state index contributed by atoms with van der Waals surface area (Å²) in [7, 11) is 0. The molecule has 1 N–H and O–H groups in total. The van der Waals surface area contributed by atoms with Crippen LogP contribution in [0.2, 0.25) is 0 Å². The fourth-order valence-electron chi connectivity index (χ4n) is 2.03. The maximum absolute atomic E-state index is 5.21. The summed E-state index contributed by atoms with van der Waals surface area (Å²) in [4.78, 5) is 0. The first-order chi connectivity index (χ1) is 8.40. The van der Waals surface area contributed by atoms with Gasteiger partial charge in [-0.25, -0.2) is 0 Å². The first-order valence-corrected chi connectivity index (χ1v) is 6.63. The van der Waals surface area contributed by atoms with Gasteiger partial charge in [-0.2, -0.15) is 0 Å². The lowest BCUT2D eigenvalue weighted by molar-refractivity contribution is 0.629. The molecular weight excluding hydrogens is 206 g/mol. The van der Waals surface area contributed by atoms with Gasteiger partial charge in [-0.1, -0.05) is 24.3 Å². The Morgan fingerprint density at radius 2 is 1.94 bits per heavy atom. The first kappa shape index (κ1) is 12.2. The number of rotatable bonds is 7. The van der Waals surface area contributed by atoms with Crippen LogP contribution in [0.25, 0.3) is 0 Å². The molecule has 1 fully saturated rings. The molecule has 0 unspecified atom stereocenters. The maximum Gasteiger partial charge on any atom is 0.0205 e. The van der Waals surface area contributed by atoms with E-state index in [1.807, 2.05) is 0 Å². The molecule has 2 rings (SSSR count). The van der Waals surface area contributed by atoms with Gasteiger partial charge >= 0.3 is 0 Å². The normalized spacial score (nSPS) is 14.5. The van der Waals surface area contributed by atoms with Crippen LogP contribution < -0.4 is 5.32 Å². The lowest BCUT2D eigenvalue weighted by Gasteiger charge is -2.05. The fraction of sp³-hybridized carbons (Fsp3) is 0.500. The Labute approximate surface area is 105 Å². The summed E-state index contributed by atoms with van der Waals surface area (Å²) in [5.41, 5.74) is 2.90. The monoisotopic (exact) mass is 227 g/mol. The van der Waals surface area contributed by atoms with Gasteiger partial charge in [-0.15, -0.1) is 12.3 Å². The van der Waals surface area contributed by atoms with E-state index in [4.69, 9.17) is 6.42 Å². The Morgan fingerprint density at radius 1 is 1.18 bits per heavy atom. The van der Waals surface area contributed by atoms with Crippen molar-refractivity contribution in [2.24, 2.45) is 0 Å². The third kappa shape index (κ3) is 4.24. The summed E-state index contributed by atoms with van der Waals surface area (Å²) in [6.45, 7) is 2.03. The molecule has 1 aliphatic rings. The van der Waals surface area contributed by atoms with E-state index >= 15 is 0 Å². The minimum atomic E-state index is 0.862. The average molecular weight is 227 g/mol. The Kier molecular flexibility index (Phi) is 4.64. The molecule has 1 saturated carbocycles. The predicted molar refractivity (Wildman–Crippen MR) is 72.8 cm³/mol. The highest BCUT2D eigenvalue weighted by atomic mass is 14.8. The number of nitrogens with one attached hydrogen (secondary N) is 1. The molecule has 17 heavy (non-hydrogen) atoms. The predicted octanol–water partition coefficient (Wildman–Crippen LogP) is 3.46. The highest BCUT2D eigenvalue weighted by molar-refractivity contribution is 5.27. The van der Waals surface area contributed by atoms with Crippen molar-refractivity contribution in [3.05, 3.63) is 35.4 Å². The number of hydrogen-bond donors (Lipinski definition) is 1. The zero-order valence-electron chi connectivity index (χ0n) is 10.4. The van der Waals surface area contributed by atoms with Crippen LogP contribution in [0.4, 0.5) is 0 Å². The van der Waals surface area contributed by atoms with Crippen LogP contribution in [0.5, 0.6) is 0 Å². The summed E-state index contributed by atoms with van der Waals surface area (Å²) < 4.78 is 0. The number of benzene rings is 1. The van der Waals surface area contributed by atoms with E-state index in [0.29, 0.717) is 0 Å². The summed E-state index contributed by atoms with van der Waals surface area (Å²) in [5, 5.41) is 3.46. The highest BCUT2D eigenvalue weighted by Gasteiger charge is 2.22. The summed E-state index contributed by atoms with van der Waals surface area (Å²) in [6.07, 6.45) is 11.2. The van der Waals surface area contributed by atoms with E-state index in [2.05, 4.69) is 35.5 Å². The second kappa shape index (κ2) is 6.47. The molecule has 0 spiro atoms. The van der Waals surface area contributed by atoms with Crippen LogP contribution in [-0.4, -0.2) is 6.54 Å². The van der Waals surface area contributed by atoms with Crippen molar-refractivity contribution < 1.29 is 0 Å². The first-order valence-electron chi connectivity index (χ1n) is 6.63. The zero-order chi connectivity index (χ0) is 11.9. The molecule has 1 aromatic carbocycles. The SMILES string of the molecule is C#CCCCCNCc1ccc(C2CC2)cc1. The topological polar surface area (TPSA) is 12.0 Å². The molecule has 90 valence electrons. The number of unbranched alkanes of at least 4 members (excludes halogenated alkanes) is 2. The Bertz CT molecular complexity index is 368. The molecule has 0 saturated heterocycles. The summed E-state index contributed by atoms with van der Waals surface area (Å²) in [6, 6.07) is 9.07. The number of terminal acetylenes is 1. The van der Waals surface area contributed by atoms with E-state index in [1.54, 1.807) is 0 Å². The van der Waals surface area contributed by atoms with Crippen LogP contribution in [0.15, 0.2) is 24.3 Å². The fourth-order valence-corrected chi connectivity index (χ4v) is 2.03. The Hall–Kier alpha value is -1.26. The van der Waals surface area contributed by atoms with Gasteiger partial charge in [0.2, 0.25) is 0 Å². The van der Waals surface area contributed by atoms with E-state index in [0.717, 1.165) is 31.8 Å². The minimum Gasteiger partial charge on any atom is -0.313 e. The minimum absolute atomic E-state index is 0.862. The summed E-state index contributed by atoms with van der Waals surface area (Å²) >= 11 is 0. The molecule has 1 heteroatoms. The molecule has 0 radical (unpaired) electrons. The van der Waals surface area contributed by atoms with Gasteiger partial charge in [0.15, 0.2) is 0 Å². The molecule has 0 aromatic heterocycles. The second-order valence-corrected chi connectivity index (χ2v) is 4.85. The third-order valence-corrected chi connectivity index (χ3v) is 3.28. The highest BCUT2D eigenvalue weighted by Crippen LogP contribution is 2.39. The van der Waals surface area contributed by atoms with E-state index < -0.39 is 0 Å². The maximum atomic E-state index is 5.21. The molecule has 0 aliphatic heterocycles. The standard InChI is InChI=1S/C16H21N/c1-2-3-4-5-12-17-13-14-6-8-15(9-7-14)16-10-11-16/h1,6-9,16-17H,3-5,10-13H2. The number of hydrogen-bond acceptors (Lipinski definition) is 1. The van der Waals surface area contributed by atoms with Crippen molar-refractivity contribution in [3.63, 3.8) is 0 Å². The second-order valence-electron chi connectivity index (χ2n) is 4.85. The van der Waals surface area contributed by atoms with Gasteiger partial charge in [-0.05, 0) is 49.3 Å². The van der Waals surface area contributed by atoms with Gasteiger partial charge in [0.25, 0.3) is 0 Å². The molecular formula is C16H21N. The van der Waals surface area contributed by atoms with Crippen LogP contribution in [-0.2, 0) is 6.54 Å². The quantitative estimate of drug-likeness (QED) is 0.555.